The van der Waals surface area contributed by atoms with Gasteiger partial charge in [0.05, 0.1) is 12.3 Å². The largest absolute Gasteiger partial charge is 0.468 e. The highest BCUT2D eigenvalue weighted by atomic mass is 16.3. The molecule has 18 heavy (non-hydrogen) atoms. The Morgan fingerprint density at radius 3 is 2.61 bits per heavy atom. The van der Waals surface area contributed by atoms with E-state index in [2.05, 4.69) is 37.3 Å². The van der Waals surface area contributed by atoms with Gasteiger partial charge in [-0.05, 0) is 45.5 Å². The topological polar surface area (TPSA) is 28.4 Å². The predicted molar refractivity (Wildman–Crippen MR) is 74.6 cm³/mol. The third kappa shape index (κ3) is 2.78. The Morgan fingerprint density at radius 2 is 2.11 bits per heavy atom. The van der Waals surface area contributed by atoms with Gasteiger partial charge in [-0.2, -0.15) is 0 Å². The van der Waals surface area contributed by atoms with Crippen molar-refractivity contribution in [2.75, 3.05) is 20.6 Å². The van der Waals surface area contributed by atoms with E-state index in [1.54, 1.807) is 6.26 Å². The monoisotopic (exact) mass is 250 g/mol. The molecule has 1 atom stereocenters. The maximum atomic E-state index is 5.52. The maximum Gasteiger partial charge on any atom is 0.120 e. The van der Waals surface area contributed by atoms with Crippen molar-refractivity contribution in [2.24, 2.45) is 0 Å². The lowest BCUT2D eigenvalue weighted by atomic mass is 9.95. The van der Waals surface area contributed by atoms with Gasteiger partial charge >= 0.3 is 0 Å². The molecule has 0 radical (unpaired) electrons. The highest BCUT2D eigenvalue weighted by Crippen LogP contribution is 2.33. The average Bonchev–Trinajstić information content (AvgIpc) is 3.00. The fraction of sp³-hybridized carbons (Fsp3) is 0.733. The molecule has 1 heterocycles. The minimum absolute atomic E-state index is 0.345. The summed E-state index contributed by atoms with van der Waals surface area (Å²) in [6.45, 7) is 3.26. The first-order valence-electron chi connectivity index (χ1n) is 7.12. The lowest BCUT2D eigenvalue weighted by Gasteiger charge is -2.37. The fourth-order valence-electron chi connectivity index (χ4n) is 3.06. The zero-order valence-electron chi connectivity index (χ0n) is 11.9. The number of rotatable bonds is 6. The van der Waals surface area contributed by atoms with E-state index in [-0.39, 0.29) is 0 Å². The molecule has 1 aliphatic rings. The van der Waals surface area contributed by atoms with Crippen LogP contribution >= 0.6 is 0 Å². The number of nitrogens with one attached hydrogen (secondary N) is 1. The third-order valence-electron chi connectivity index (χ3n) is 4.46. The first kappa shape index (κ1) is 13.6. The van der Waals surface area contributed by atoms with Crippen molar-refractivity contribution in [3.05, 3.63) is 24.2 Å². The Kier molecular flexibility index (Phi) is 4.46. The van der Waals surface area contributed by atoms with Crippen LogP contribution in [0.2, 0.25) is 0 Å². The van der Waals surface area contributed by atoms with E-state index in [1.807, 2.05) is 6.07 Å². The molecule has 0 spiro atoms. The normalized spacial score (nSPS) is 20.4. The zero-order valence-corrected chi connectivity index (χ0v) is 11.9. The Morgan fingerprint density at radius 1 is 1.39 bits per heavy atom. The minimum Gasteiger partial charge on any atom is -0.468 e. The Labute approximate surface area is 111 Å². The molecule has 1 unspecified atom stereocenters. The Bertz CT molecular complexity index is 339. The summed E-state index contributed by atoms with van der Waals surface area (Å²) in [5.74, 6) is 1.06. The van der Waals surface area contributed by atoms with Gasteiger partial charge in [0.15, 0.2) is 0 Å². The second-order valence-corrected chi connectivity index (χ2v) is 5.68. The van der Waals surface area contributed by atoms with Gasteiger partial charge in [-0.3, -0.25) is 0 Å². The predicted octanol–water partition coefficient (Wildman–Crippen LogP) is 3.19. The van der Waals surface area contributed by atoms with Crippen LogP contribution in [0.5, 0.6) is 0 Å². The Hall–Kier alpha value is -0.800. The molecule has 0 saturated heterocycles. The summed E-state index contributed by atoms with van der Waals surface area (Å²) in [5, 5.41) is 3.70. The van der Waals surface area contributed by atoms with Crippen molar-refractivity contribution in [3.8, 4) is 0 Å². The van der Waals surface area contributed by atoms with Crippen LogP contribution in [0.3, 0.4) is 0 Å². The first-order chi connectivity index (χ1) is 8.68. The van der Waals surface area contributed by atoms with Crippen molar-refractivity contribution in [3.63, 3.8) is 0 Å². The SMILES string of the molecule is CCC(NCC1(N(C)C)CCCC1)c1ccco1. The summed E-state index contributed by atoms with van der Waals surface area (Å²) >= 11 is 0. The van der Waals surface area contributed by atoms with E-state index in [0.29, 0.717) is 11.6 Å². The lowest BCUT2D eigenvalue weighted by molar-refractivity contribution is 0.147. The molecule has 3 nitrogen and oxygen atoms in total. The molecule has 102 valence electrons. The van der Waals surface area contributed by atoms with E-state index < -0.39 is 0 Å². The van der Waals surface area contributed by atoms with Gasteiger partial charge in [-0.15, -0.1) is 0 Å². The molecule has 1 N–H and O–H groups in total. The second kappa shape index (κ2) is 5.89. The van der Waals surface area contributed by atoms with E-state index in [0.717, 1.165) is 18.7 Å². The molecule has 1 aromatic heterocycles. The summed E-state index contributed by atoms with van der Waals surface area (Å²) < 4.78 is 5.52. The molecular weight excluding hydrogens is 224 g/mol. The summed E-state index contributed by atoms with van der Waals surface area (Å²) in [6.07, 6.45) is 8.16. The number of hydrogen-bond acceptors (Lipinski definition) is 3. The van der Waals surface area contributed by atoms with Crippen LogP contribution in [-0.2, 0) is 0 Å². The van der Waals surface area contributed by atoms with Gasteiger partial charge < -0.3 is 14.6 Å². The second-order valence-electron chi connectivity index (χ2n) is 5.68. The van der Waals surface area contributed by atoms with Crippen LogP contribution in [0, 0.1) is 0 Å². The van der Waals surface area contributed by atoms with E-state index in [4.69, 9.17) is 4.42 Å². The summed E-state index contributed by atoms with van der Waals surface area (Å²) in [6, 6.07) is 4.38. The molecule has 0 bridgehead atoms. The van der Waals surface area contributed by atoms with Gasteiger partial charge in [0.1, 0.15) is 5.76 Å². The molecule has 3 heteroatoms. The van der Waals surface area contributed by atoms with Crippen molar-refractivity contribution >= 4 is 0 Å². The van der Waals surface area contributed by atoms with Gasteiger partial charge in [-0.25, -0.2) is 0 Å². The number of likely N-dealkylation sites (N-methyl/N-ethyl adjacent to an activating group) is 1. The van der Waals surface area contributed by atoms with Crippen LogP contribution < -0.4 is 5.32 Å². The zero-order chi connectivity index (χ0) is 13.0. The highest BCUT2D eigenvalue weighted by molar-refractivity contribution is 5.05. The Balaban J connectivity index is 1.96. The third-order valence-corrected chi connectivity index (χ3v) is 4.46. The standard InChI is InChI=1S/C15H26N2O/c1-4-13(14-8-7-11-18-14)16-12-15(17(2)3)9-5-6-10-15/h7-8,11,13,16H,4-6,9-10,12H2,1-3H3. The molecule has 2 rings (SSSR count). The van der Waals surface area contributed by atoms with Gasteiger partial charge in [0.2, 0.25) is 0 Å². The summed E-state index contributed by atoms with van der Waals surface area (Å²) in [4.78, 5) is 2.40. The quantitative estimate of drug-likeness (QED) is 0.840. The molecule has 1 aliphatic carbocycles. The molecule has 0 aliphatic heterocycles. The van der Waals surface area contributed by atoms with Crippen molar-refractivity contribution in [2.45, 2.75) is 50.6 Å². The van der Waals surface area contributed by atoms with Crippen molar-refractivity contribution in [1.82, 2.24) is 10.2 Å². The highest BCUT2D eigenvalue weighted by Gasteiger charge is 2.36. The molecular formula is C15H26N2O. The fourth-order valence-corrected chi connectivity index (χ4v) is 3.06. The molecule has 0 aromatic carbocycles. The molecule has 1 aromatic rings. The minimum atomic E-state index is 0.345. The van der Waals surface area contributed by atoms with E-state index in [9.17, 15) is 0 Å². The van der Waals surface area contributed by atoms with Crippen LogP contribution in [-0.4, -0.2) is 31.1 Å². The van der Waals surface area contributed by atoms with Crippen molar-refractivity contribution in [1.29, 1.82) is 0 Å². The smallest absolute Gasteiger partial charge is 0.120 e. The van der Waals surface area contributed by atoms with Gasteiger partial charge in [0.25, 0.3) is 0 Å². The van der Waals surface area contributed by atoms with E-state index in [1.165, 1.54) is 25.7 Å². The van der Waals surface area contributed by atoms with Crippen LogP contribution in [0.15, 0.2) is 22.8 Å². The number of hydrogen-bond donors (Lipinski definition) is 1. The van der Waals surface area contributed by atoms with Crippen LogP contribution in [0.1, 0.15) is 50.8 Å². The number of nitrogens with zero attached hydrogens (tertiary/aromatic N) is 1. The van der Waals surface area contributed by atoms with E-state index >= 15 is 0 Å². The van der Waals surface area contributed by atoms with Gasteiger partial charge in [0, 0.05) is 12.1 Å². The van der Waals surface area contributed by atoms with Crippen LogP contribution in [0.4, 0.5) is 0 Å². The molecule has 1 fully saturated rings. The average molecular weight is 250 g/mol. The van der Waals surface area contributed by atoms with Crippen LogP contribution in [0.25, 0.3) is 0 Å². The number of furan rings is 1. The lowest BCUT2D eigenvalue weighted by Crippen LogP contribution is -2.50. The molecule has 0 amide bonds. The summed E-state index contributed by atoms with van der Waals surface area (Å²) in [5.41, 5.74) is 0.347. The van der Waals surface area contributed by atoms with Crippen molar-refractivity contribution < 1.29 is 4.42 Å². The molecule has 1 saturated carbocycles. The first-order valence-corrected chi connectivity index (χ1v) is 7.12. The summed E-state index contributed by atoms with van der Waals surface area (Å²) in [7, 11) is 4.42. The maximum absolute atomic E-state index is 5.52. The van der Waals surface area contributed by atoms with Gasteiger partial charge in [-0.1, -0.05) is 19.8 Å².